The Morgan fingerprint density at radius 2 is 2.06 bits per heavy atom. The molecule has 0 amide bonds. The van der Waals surface area contributed by atoms with Gasteiger partial charge in [0, 0.05) is 18.3 Å². The number of Topliss-reactive ketones (excluding diaryl/α,β-unsaturated/α-hetero) is 2. The molecule has 1 N–H and O–H groups in total. The fraction of sp³-hybridized carbons (Fsp3) is 0.286. The van der Waals surface area contributed by atoms with Gasteiger partial charge in [-0.25, -0.2) is 0 Å². The molecule has 0 aromatic heterocycles. The summed E-state index contributed by atoms with van der Waals surface area (Å²) in [5.41, 5.74) is 2.20. The van der Waals surface area contributed by atoms with Crippen LogP contribution in [-0.2, 0) is 9.59 Å². The first-order valence-corrected chi connectivity index (χ1v) is 5.62. The van der Waals surface area contributed by atoms with E-state index in [0.717, 1.165) is 11.3 Å². The lowest BCUT2D eigenvalue weighted by atomic mass is 10.1. The fourth-order valence-electron chi connectivity index (χ4n) is 1.46. The first-order valence-electron chi connectivity index (χ1n) is 5.62. The highest BCUT2D eigenvalue weighted by atomic mass is 16.1. The standard InChI is InChI=1S/C14H17NO2/c1-4-14(17)13(11(3)16)9-15-12-7-5-6-10(2)8-12/h5-9,15H,4H2,1-3H3/b13-9-. The molecule has 0 heterocycles. The third kappa shape index (κ3) is 3.87. The van der Waals surface area contributed by atoms with E-state index in [4.69, 9.17) is 0 Å². The molecule has 0 unspecified atom stereocenters. The number of aryl methyl sites for hydroxylation is 1. The van der Waals surface area contributed by atoms with Crippen molar-refractivity contribution >= 4 is 17.3 Å². The van der Waals surface area contributed by atoms with Crippen LogP contribution in [0.2, 0.25) is 0 Å². The molecule has 0 saturated carbocycles. The maximum atomic E-state index is 11.5. The average Bonchev–Trinajstić information content (AvgIpc) is 2.28. The number of nitrogens with one attached hydrogen (secondary N) is 1. The van der Waals surface area contributed by atoms with Gasteiger partial charge >= 0.3 is 0 Å². The number of anilines is 1. The number of ketones is 2. The van der Waals surface area contributed by atoms with Crippen molar-refractivity contribution in [2.75, 3.05) is 5.32 Å². The van der Waals surface area contributed by atoms with Crippen LogP contribution in [0.4, 0.5) is 5.69 Å². The van der Waals surface area contributed by atoms with E-state index < -0.39 is 0 Å². The lowest BCUT2D eigenvalue weighted by molar-refractivity contribution is -0.120. The second-order valence-corrected chi connectivity index (χ2v) is 3.90. The first-order chi connectivity index (χ1) is 8.04. The lowest BCUT2D eigenvalue weighted by Gasteiger charge is -2.04. The van der Waals surface area contributed by atoms with Crippen molar-refractivity contribution in [3.05, 3.63) is 41.6 Å². The summed E-state index contributed by atoms with van der Waals surface area (Å²) < 4.78 is 0. The Labute approximate surface area is 102 Å². The summed E-state index contributed by atoms with van der Waals surface area (Å²) in [7, 11) is 0. The Morgan fingerprint density at radius 3 is 2.59 bits per heavy atom. The SMILES string of the molecule is CCC(=O)/C(=C\Nc1cccc(C)c1)C(C)=O. The topological polar surface area (TPSA) is 46.2 Å². The van der Waals surface area contributed by atoms with Crippen molar-refractivity contribution in [1.29, 1.82) is 0 Å². The van der Waals surface area contributed by atoms with E-state index >= 15 is 0 Å². The molecule has 0 radical (unpaired) electrons. The zero-order valence-electron chi connectivity index (χ0n) is 10.4. The Morgan fingerprint density at radius 1 is 1.35 bits per heavy atom. The quantitative estimate of drug-likeness (QED) is 0.481. The minimum Gasteiger partial charge on any atom is -0.361 e. The summed E-state index contributed by atoms with van der Waals surface area (Å²) in [6.45, 7) is 5.13. The summed E-state index contributed by atoms with van der Waals surface area (Å²) in [6, 6.07) is 7.74. The average molecular weight is 231 g/mol. The van der Waals surface area contributed by atoms with Crippen molar-refractivity contribution in [2.45, 2.75) is 27.2 Å². The van der Waals surface area contributed by atoms with Crippen LogP contribution in [0.25, 0.3) is 0 Å². The predicted molar refractivity (Wildman–Crippen MR) is 68.9 cm³/mol. The maximum Gasteiger partial charge on any atom is 0.167 e. The molecular weight excluding hydrogens is 214 g/mol. The number of carbonyl (C=O) groups excluding carboxylic acids is 2. The highest BCUT2D eigenvalue weighted by molar-refractivity contribution is 6.19. The molecule has 0 aliphatic heterocycles. The fourth-order valence-corrected chi connectivity index (χ4v) is 1.46. The molecule has 0 aliphatic carbocycles. The highest BCUT2D eigenvalue weighted by Crippen LogP contribution is 2.11. The van der Waals surface area contributed by atoms with E-state index in [1.807, 2.05) is 31.2 Å². The van der Waals surface area contributed by atoms with Crippen molar-refractivity contribution < 1.29 is 9.59 Å². The molecule has 0 saturated heterocycles. The first kappa shape index (κ1) is 13.2. The molecule has 0 aliphatic rings. The summed E-state index contributed by atoms with van der Waals surface area (Å²) >= 11 is 0. The molecule has 3 heteroatoms. The normalized spacial score (nSPS) is 11.1. The van der Waals surface area contributed by atoms with Gasteiger partial charge in [0.1, 0.15) is 0 Å². The van der Waals surface area contributed by atoms with E-state index in [1.54, 1.807) is 6.92 Å². The van der Waals surface area contributed by atoms with Gasteiger partial charge in [0.05, 0.1) is 5.57 Å². The zero-order valence-corrected chi connectivity index (χ0v) is 10.4. The lowest BCUT2D eigenvalue weighted by Crippen LogP contribution is -2.10. The van der Waals surface area contributed by atoms with Gasteiger partial charge in [-0.1, -0.05) is 19.1 Å². The Balaban J connectivity index is 2.87. The highest BCUT2D eigenvalue weighted by Gasteiger charge is 2.11. The van der Waals surface area contributed by atoms with E-state index in [9.17, 15) is 9.59 Å². The van der Waals surface area contributed by atoms with Crippen molar-refractivity contribution in [3.63, 3.8) is 0 Å². The van der Waals surface area contributed by atoms with Gasteiger partial charge in [0.2, 0.25) is 0 Å². The van der Waals surface area contributed by atoms with Crippen molar-refractivity contribution in [2.24, 2.45) is 0 Å². The summed E-state index contributed by atoms with van der Waals surface area (Å²) in [5.74, 6) is -0.352. The van der Waals surface area contributed by atoms with Gasteiger partial charge in [0.15, 0.2) is 11.6 Å². The third-order valence-electron chi connectivity index (χ3n) is 2.40. The van der Waals surface area contributed by atoms with Crippen LogP contribution in [0.5, 0.6) is 0 Å². The summed E-state index contributed by atoms with van der Waals surface area (Å²) in [5, 5.41) is 2.98. The Bertz CT molecular complexity index is 461. The summed E-state index contributed by atoms with van der Waals surface area (Å²) in [6.07, 6.45) is 1.82. The molecule has 1 rings (SSSR count). The molecular formula is C14H17NO2. The van der Waals surface area contributed by atoms with Gasteiger partial charge in [-0.2, -0.15) is 0 Å². The van der Waals surface area contributed by atoms with Gasteiger partial charge in [-0.05, 0) is 31.5 Å². The van der Waals surface area contributed by atoms with Crippen LogP contribution >= 0.6 is 0 Å². The van der Waals surface area contributed by atoms with Gasteiger partial charge in [-0.3, -0.25) is 9.59 Å². The van der Waals surface area contributed by atoms with E-state index in [1.165, 1.54) is 13.1 Å². The van der Waals surface area contributed by atoms with E-state index in [2.05, 4.69) is 5.32 Å². The number of hydrogen-bond donors (Lipinski definition) is 1. The van der Waals surface area contributed by atoms with Crippen LogP contribution in [0.3, 0.4) is 0 Å². The minimum absolute atomic E-state index is 0.141. The van der Waals surface area contributed by atoms with Crippen molar-refractivity contribution in [1.82, 2.24) is 0 Å². The molecule has 0 fully saturated rings. The molecule has 3 nitrogen and oxygen atoms in total. The number of benzene rings is 1. The molecule has 1 aromatic rings. The van der Waals surface area contributed by atoms with Crippen LogP contribution in [0, 0.1) is 6.92 Å². The van der Waals surface area contributed by atoms with Crippen LogP contribution in [0.1, 0.15) is 25.8 Å². The van der Waals surface area contributed by atoms with Crippen LogP contribution in [0.15, 0.2) is 36.0 Å². The number of rotatable bonds is 5. The van der Waals surface area contributed by atoms with Crippen LogP contribution in [-0.4, -0.2) is 11.6 Å². The van der Waals surface area contributed by atoms with Gasteiger partial charge < -0.3 is 5.32 Å². The summed E-state index contributed by atoms with van der Waals surface area (Å²) in [4.78, 5) is 22.8. The molecule has 1 aromatic carbocycles. The van der Waals surface area contributed by atoms with Crippen molar-refractivity contribution in [3.8, 4) is 0 Å². The molecule has 0 bridgehead atoms. The van der Waals surface area contributed by atoms with E-state index in [-0.39, 0.29) is 17.1 Å². The second-order valence-electron chi connectivity index (χ2n) is 3.90. The maximum absolute atomic E-state index is 11.5. The molecule has 17 heavy (non-hydrogen) atoms. The third-order valence-corrected chi connectivity index (χ3v) is 2.40. The molecule has 90 valence electrons. The second kappa shape index (κ2) is 5.99. The zero-order chi connectivity index (χ0) is 12.8. The van der Waals surface area contributed by atoms with Gasteiger partial charge in [-0.15, -0.1) is 0 Å². The number of hydrogen-bond acceptors (Lipinski definition) is 3. The predicted octanol–water partition coefficient (Wildman–Crippen LogP) is 2.86. The monoisotopic (exact) mass is 231 g/mol. The number of carbonyl (C=O) groups is 2. The van der Waals surface area contributed by atoms with Crippen LogP contribution < -0.4 is 5.32 Å². The molecule has 0 atom stereocenters. The molecule has 0 spiro atoms. The Kier molecular flexibility index (Phi) is 4.64. The number of allylic oxidation sites excluding steroid dienone is 1. The van der Waals surface area contributed by atoms with Gasteiger partial charge in [0.25, 0.3) is 0 Å². The van der Waals surface area contributed by atoms with E-state index in [0.29, 0.717) is 6.42 Å². The Hall–Kier alpha value is -1.90. The minimum atomic E-state index is -0.211. The smallest absolute Gasteiger partial charge is 0.167 e. The largest absolute Gasteiger partial charge is 0.361 e.